The second kappa shape index (κ2) is 11.5. The fourth-order valence-corrected chi connectivity index (χ4v) is 7.53. The van der Waals surface area contributed by atoms with Crippen LogP contribution in [-0.2, 0) is 29.5 Å². The highest BCUT2D eigenvalue weighted by Gasteiger charge is 2.29. The first-order valence-electron chi connectivity index (χ1n) is 13.3. The molecule has 0 radical (unpaired) electrons. The molecule has 0 saturated heterocycles. The second-order valence-electron chi connectivity index (χ2n) is 9.78. The minimum atomic E-state index is -3.74. The molecule has 2 aromatic heterocycles. The zero-order valence-electron chi connectivity index (χ0n) is 23.1. The van der Waals surface area contributed by atoms with Gasteiger partial charge in [0.25, 0.3) is 5.91 Å². The van der Waals surface area contributed by atoms with Gasteiger partial charge in [-0.3, -0.25) is 14.7 Å². The van der Waals surface area contributed by atoms with E-state index in [1.807, 2.05) is 30.3 Å². The Kier molecular flexibility index (Phi) is 7.63. The van der Waals surface area contributed by atoms with Crippen molar-refractivity contribution in [1.29, 1.82) is 0 Å². The van der Waals surface area contributed by atoms with Crippen LogP contribution in [0, 0.1) is 0 Å². The molecule has 1 aliphatic rings. The predicted octanol–water partition coefficient (Wildman–Crippen LogP) is 5.30. The molecule has 3 aromatic carbocycles. The molecule has 3 heterocycles. The quantitative estimate of drug-likeness (QED) is 0.238. The number of hydrogen-bond acceptors (Lipinski definition) is 8. The maximum absolute atomic E-state index is 14.0. The van der Waals surface area contributed by atoms with Gasteiger partial charge in [-0.2, -0.15) is 4.31 Å². The molecule has 0 spiro atoms. The van der Waals surface area contributed by atoms with Crippen LogP contribution in [0.1, 0.15) is 27.0 Å². The molecule has 0 fully saturated rings. The number of carbonyl (C=O) groups excluding carboxylic acids is 1. The lowest BCUT2D eigenvalue weighted by Gasteiger charge is -2.28. The fourth-order valence-electron chi connectivity index (χ4n) is 5.04. The van der Waals surface area contributed by atoms with Gasteiger partial charge < -0.3 is 9.47 Å². The minimum Gasteiger partial charge on any atom is -0.495 e. The van der Waals surface area contributed by atoms with Gasteiger partial charge in [-0.05, 0) is 65.6 Å². The predicted molar refractivity (Wildman–Crippen MR) is 162 cm³/mol. The Morgan fingerprint density at radius 3 is 2.40 bits per heavy atom. The van der Waals surface area contributed by atoms with Gasteiger partial charge in [0, 0.05) is 31.0 Å². The summed E-state index contributed by atoms with van der Waals surface area (Å²) >= 11 is 1.32. The van der Waals surface area contributed by atoms with Gasteiger partial charge in [-0.25, -0.2) is 13.4 Å². The Hall–Kier alpha value is -4.32. The smallest absolute Gasteiger partial charge is 0.260 e. The largest absolute Gasteiger partial charge is 0.495 e. The number of nitrogens with zero attached hydrogens (tertiary/aromatic N) is 4. The van der Waals surface area contributed by atoms with Crippen molar-refractivity contribution >= 4 is 42.6 Å². The Morgan fingerprint density at radius 2 is 1.69 bits per heavy atom. The number of ether oxygens (including phenoxy) is 2. The molecule has 5 aromatic rings. The molecule has 214 valence electrons. The van der Waals surface area contributed by atoms with Crippen molar-refractivity contribution in [3.05, 3.63) is 107 Å². The third-order valence-corrected chi connectivity index (χ3v) is 10.2. The van der Waals surface area contributed by atoms with E-state index in [2.05, 4.69) is 4.98 Å². The van der Waals surface area contributed by atoms with E-state index in [0.717, 1.165) is 15.8 Å². The van der Waals surface area contributed by atoms with Crippen molar-refractivity contribution in [2.75, 3.05) is 25.7 Å². The zero-order valence-corrected chi connectivity index (χ0v) is 24.7. The van der Waals surface area contributed by atoms with E-state index in [-0.39, 0.29) is 17.3 Å². The molecule has 1 aliphatic heterocycles. The summed E-state index contributed by atoms with van der Waals surface area (Å²) in [5.41, 5.74) is 3.91. The number of amides is 1. The Bertz CT molecular complexity index is 1820. The van der Waals surface area contributed by atoms with Crippen molar-refractivity contribution in [1.82, 2.24) is 14.3 Å². The van der Waals surface area contributed by atoms with Crippen LogP contribution in [0.25, 0.3) is 10.2 Å². The molecule has 0 aliphatic carbocycles. The average molecular weight is 601 g/mol. The van der Waals surface area contributed by atoms with Gasteiger partial charge in [-0.1, -0.05) is 41.7 Å². The van der Waals surface area contributed by atoms with Gasteiger partial charge in [-0.15, -0.1) is 0 Å². The monoisotopic (exact) mass is 600 g/mol. The first kappa shape index (κ1) is 27.8. The highest BCUT2D eigenvalue weighted by Crippen LogP contribution is 2.41. The first-order chi connectivity index (χ1) is 20.4. The maximum atomic E-state index is 14.0. The topological polar surface area (TPSA) is 102 Å². The summed E-state index contributed by atoms with van der Waals surface area (Å²) in [7, 11) is -0.591. The van der Waals surface area contributed by atoms with E-state index < -0.39 is 10.0 Å². The van der Waals surface area contributed by atoms with Crippen molar-refractivity contribution in [2.24, 2.45) is 0 Å². The molecule has 0 saturated carbocycles. The Labute approximate surface area is 248 Å². The van der Waals surface area contributed by atoms with Gasteiger partial charge in [0.1, 0.15) is 21.7 Å². The van der Waals surface area contributed by atoms with Crippen LogP contribution in [0.3, 0.4) is 0 Å². The van der Waals surface area contributed by atoms with Crippen LogP contribution in [-0.4, -0.2) is 49.4 Å². The van der Waals surface area contributed by atoms with Gasteiger partial charge >= 0.3 is 0 Å². The number of sulfonamides is 1. The molecule has 1 amide bonds. The highest BCUT2D eigenvalue weighted by molar-refractivity contribution is 7.89. The normalized spacial score (nSPS) is 13.5. The lowest BCUT2D eigenvalue weighted by atomic mass is 10.0. The van der Waals surface area contributed by atoms with Crippen molar-refractivity contribution in [3.8, 4) is 11.5 Å². The van der Waals surface area contributed by atoms with Gasteiger partial charge in [0.2, 0.25) is 10.0 Å². The SMILES string of the molecule is COc1ccc(OC)c2sc(N(Cc3cccnc3)C(=O)c3ccc(S(=O)(=O)N4CCc5ccccc5C4)cc3)nc12. The number of carbonyl (C=O) groups is 1. The van der Waals surface area contributed by atoms with Gasteiger partial charge in [0.05, 0.1) is 25.7 Å². The van der Waals surface area contributed by atoms with Crippen LogP contribution >= 0.6 is 11.3 Å². The van der Waals surface area contributed by atoms with Crippen molar-refractivity contribution in [2.45, 2.75) is 24.4 Å². The molecule has 0 N–H and O–H groups in total. The number of fused-ring (bicyclic) bond motifs is 2. The molecule has 11 heteroatoms. The number of methoxy groups -OCH3 is 2. The number of anilines is 1. The van der Waals surface area contributed by atoms with Crippen LogP contribution in [0.2, 0.25) is 0 Å². The summed E-state index contributed by atoms with van der Waals surface area (Å²) in [6.45, 7) is 0.941. The van der Waals surface area contributed by atoms with E-state index in [4.69, 9.17) is 14.5 Å². The standard InChI is InChI=1S/C31H28N4O5S2/c1-39-26-13-14-27(40-2)29-28(26)33-31(41-29)35(19-21-6-5-16-32-18-21)30(36)23-9-11-25(12-10-23)42(37,38)34-17-15-22-7-3-4-8-24(22)20-34/h3-14,16,18H,15,17,19-20H2,1-2H3. The number of benzene rings is 3. The highest BCUT2D eigenvalue weighted by atomic mass is 32.2. The zero-order chi connectivity index (χ0) is 29.3. The van der Waals surface area contributed by atoms with E-state index in [1.165, 1.54) is 33.3 Å². The van der Waals surface area contributed by atoms with Crippen LogP contribution in [0.15, 0.2) is 90.1 Å². The molecule has 0 bridgehead atoms. The van der Waals surface area contributed by atoms with Crippen LogP contribution < -0.4 is 14.4 Å². The van der Waals surface area contributed by atoms with E-state index in [9.17, 15) is 13.2 Å². The number of aromatic nitrogens is 2. The second-order valence-corrected chi connectivity index (χ2v) is 12.7. The Morgan fingerprint density at radius 1 is 0.952 bits per heavy atom. The fraction of sp³-hybridized carbons (Fsp3) is 0.194. The van der Waals surface area contributed by atoms with Crippen LogP contribution in [0.4, 0.5) is 5.13 Å². The maximum Gasteiger partial charge on any atom is 0.260 e. The average Bonchev–Trinajstić information content (AvgIpc) is 3.48. The third kappa shape index (κ3) is 5.22. The molecule has 6 rings (SSSR count). The van der Waals surface area contributed by atoms with E-state index in [1.54, 1.807) is 61.8 Å². The minimum absolute atomic E-state index is 0.145. The summed E-state index contributed by atoms with van der Waals surface area (Å²) in [6.07, 6.45) is 4.03. The number of hydrogen-bond donors (Lipinski definition) is 0. The Balaban J connectivity index is 1.32. The molecule has 42 heavy (non-hydrogen) atoms. The molecule has 9 nitrogen and oxygen atoms in total. The number of pyridine rings is 1. The first-order valence-corrected chi connectivity index (χ1v) is 15.5. The third-order valence-electron chi connectivity index (χ3n) is 7.27. The van der Waals surface area contributed by atoms with Crippen molar-refractivity contribution in [3.63, 3.8) is 0 Å². The summed E-state index contributed by atoms with van der Waals surface area (Å²) in [5.74, 6) is 0.863. The summed E-state index contributed by atoms with van der Waals surface area (Å²) in [4.78, 5) is 24.7. The summed E-state index contributed by atoms with van der Waals surface area (Å²) in [5, 5.41) is 0.449. The lowest BCUT2D eigenvalue weighted by Crippen LogP contribution is -2.36. The molecule has 0 unspecified atom stereocenters. The van der Waals surface area contributed by atoms with Crippen LogP contribution in [0.5, 0.6) is 11.5 Å². The summed E-state index contributed by atoms with van der Waals surface area (Å²) in [6, 6.07) is 21.3. The van der Waals surface area contributed by atoms with Crippen molar-refractivity contribution < 1.29 is 22.7 Å². The van der Waals surface area contributed by atoms with E-state index >= 15 is 0 Å². The lowest BCUT2D eigenvalue weighted by molar-refractivity contribution is 0.0985. The van der Waals surface area contributed by atoms with E-state index in [0.29, 0.717) is 47.2 Å². The number of rotatable bonds is 8. The molecular weight excluding hydrogens is 572 g/mol. The molecule has 0 atom stereocenters. The van der Waals surface area contributed by atoms with Gasteiger partial charge in [0.15, 0.2) is 5.13 Å². The summed E-state index contributed by atoms with van der Waals surface area (Å²) < 4.78 is 40.3. The molecular formula is C31H28N4O5S2. The number of thiazole rings is 1.